The van der Waals surface area contributed by atoms with Crippen molar-refractivity contribution in [3.63, 3.8) is 0 Å². The van der Waals surface area contributed by atoms with Crippen LogP contribution in [0.5, 0.6) is 0 Å². The van der Waals surface area contributed by atoms with Crippen LogP contribution in [0.3, 0.4) is 0 Å². The molecule has 3 atom stereocenters. The van der Waals surface area contributed by atoms with Gasteiger partial charge in [0.15, 0.2) is 5.96 Å². The Hall–Kier alpha value is -1.50. The third kappa shape index (κ3) is 4.14. The number of hydrogen-bond acceptors (Lipinski definition) is 4. The van der Waals surface area contributed by atoms with Crippen molar-refractivity contribution in [1.82, 2.24) is 15.5 Å². The zero-order valence-corrected chi connectivity index (χ0v) is 19.5. The molecule has 3 aliphatic rings. The second-order valence-electron chi connectivity index (χ2n) is 9.41. The predicted octanol–water partition coefficient (Wildman–Crippen LogP) is 2.96. The lowest BCUT2D eigenvalue weighted by Gasteiger charge is -2.54. The Labute approximate surface area is 186 Å². The van der Waals surface area contributed by atoms with Gasteiger partial charge in [0, 0.05) is 73.0 Å². The lowest BCUT2D eigenvalue weighted by Crippen LogP contribution is -2.67. The van der Waals surface area contributed by atoms with Gasteiger partial charge >= 0.3 is 0 Å². The summed E-state index contributed by atoms with van der Waals surface area (Å²) in [5.74, 6) is 1.44. The summed E-state index contributed by atoms with van der Waals surface area (Å²) >= 11 is 6.64. The molecule has 1 aromatic carbocycles. The second kappa shape index (κ2) is 8.93. The summed E-state index contributed by atoms with van der Waals surface area (Å²) in [5, 5.41) is 7.93. The zero-order chi connectivity index (χ0) is 21.3. The molecule has 6 nitrogen and oxygen atoms in total. The lowest BCUT2D eigenvalue weighted by atomic mass is 9.57. The fraction of sp³-hybridized carbons (Fsp3) is 0.696. The van der Waals surface area contributed by atoms with Gasteiger partial charge in [-0.2, -0.15) is 0 Å². The maximum absolute atomic E-state index is 6.64. The van der Waals surface area contributed by atoms with E-state index in [4.69, 9.17) is 21.3 Å². The highest BCUT2D eigenvalue weighted by molar-refractivity contribution is 6.31. The molecule has 2 saturated heterocycles. The molecule has 30 heavy (non-hydrogen) atoms. The summed E-state index contributed by atoms with van der Waals surface area (Å²) in [6, 6.07) is 6.58. The fourth-order valence-corrected chi connectivity index (χ4v) is 5.52. The zero-order valence-electron chi connectivity index (χ0n) is 18.7. The van der Waals surface area contributed by atoms with Crippen LogP contribution in [0.2, 0.25) is 5.02 Å². The Morgan fingerprint density at radius 3 is 2.77 bits per heavy atom. The van der Waals surface area contributed by atoms with Gasteiger partial charge in [0.25, 0.3) is 0 Å². The maximum atomic E-state index is 6.64. The van der Waals surface area contributed by atoms with E-state index in [1.54, 1.807) is 0 Å². The van der Waals surface area contributed by atoms with Crippen molar-refractivity contribution in [2.45, 2.75) is 45.9 Å². The van der Waals surface area contributed by atoms with Crippen molar-refractivity contribution < 1.29 is 4.74 Å². The first-order valence-electron chi connectivity index (χ1n) is 11.3. The van der Waals surface area contributed by atoms with Gasteiger partial charge in [0.2, 0.25) is 0 Å². The number of benzene rings is 1. The van der Waals surface area contributed by atoms with Gasteiger partial charge in [-0.05, 0) is 32.5 Å². The van der Waals surface area contributed by atoms with Crippen LogP contribution in [0.1, 0.15) is 32.8 Å². The fourth-order valence-electron chi connectivity index (χ4n) is 5.29. The molecule has 1 saturated carbocycles. The van der Waals surface area contributed by atoms with Gasteiger partial charge in [-0.3, -0.25) is 0 Å². The number of ether oxygens (including phenoxy) is 1. The normalized spacial score (nSPS) is 28.8. The van der Waals surface area contributed by atoms with Gasteiger partial charge in [0.05, 0.1) is 12.6 Å². The molecule has 0 spiro atoms. The smallest absolute Gasteiger partial charge is 0.191 e. The topological polar surface area (TPSA) is 52.1 Å². The van der Waals surface area contributed by atoms with Crippen molar-refractivity contribution in [3.05, 3.63) is 28.8 Å². The van der Waals surface area contributed by atoms with E-state index in [2.05, 4.69) is 54.3 Å². The van der Waals surface area contributed by atoms with E-state index in [0.29, 0.717) is 24.6 Å². The van der Waals surface area contributed by atoms with Crippen LogP contribution < -0.4 is 15.5 Å². The van der Waals surface area contributed by atoms with E-state index in [1.807, 2.05) is 12.1 Å². The third-order valence-corrected chi connectivity index (χ3v) is 7.42. The van der Waals surface area contributed by atoms with Crippen molar-refractivity contribution in [1.29, 1.82) is 0 Å². The van der Waals surface area contributed by atoms with Crippen LogP contribution in [0, 0.1) is 11.3 Å². The number of fused-ring (bicyclic) bond motifs is 1. The molecule has 166 valence electrons. The summed E-state index contributed by atoms with van der Waals surface area (Å²) in [4.78, 5) is 9.75. The molecule has 0 aromatic heterocycles. The highest BCUT2D eigenvalue weighted by Gasteiger charge is 2.59. The minimum atomic E-state index is 0.118. The number of nitrogens with one attached hydrogen (secondary N) is 2. The van der Waals surface area contributed by atoms with Crippen molar-refractivity contribution in [2.75, 3.05) is 51.3 Å². The predicted molar refractivity (Wildman–Crippen MR) is 125 cm³/mol. The Morgan fingerprint density at radius 2 is 2.03 bits per heavy atom. The summed E-state index contributed by atoms with van der Waals surface area (Å²) in [5.41, 5.74) is 2.44. The molecule has 3 unspecified atom stereocenters. The number of anilines is 1. The van der Waals surface area contributed by atoms with Crippen LogP contribution in [-0.2, 0) is 11.3 Å². The van der Waals surface area contributed by atoms with E-state index in [0.717, 1.165) is 62.3 Å². The summed E-state index contributed by atoms with van der Waals surface area (Å²) in [7, 11) is 2.18. The van der Waals surface area contributed by atoms with Gasteiger partial charge < -0.3 is 25.2 Å². The number of piperazine rings is 1. The number of rotatable bonds is 5. The standard InChI is InChI=1S/C23H36ClN5O/c1-5-25-22(27-20-16-9-14-30-21(16)23(20,2)3)26-15-17-18(24)7-6-8-19(17)29-12-10-28(4)11-13-29/h6-8,16,20-21H,5,9-15H2,1-4H3,(H2,25,26,27). The first-order chi connectivity index (χ1) is 14.4. The molecule has 2 heterocycles. The summed E-state index contributed by atoms with van der Waals surface area (Å²) < 4.78 is 5.95. The quantitative estimate of drug-likeness (QED) is 0.552. The van der Waals surface area contributed by atoms with E-state index >= 15 is 0 Å². The molecule has 0 radical (unpaired) electrons. The maximum Gasteiger partial charge on any atom is 0.191 e. The number of guanidine groups is 1. The average Bonchev–Trinajstić information content (AvgIpc) is 3.18. The van der Waals surface area contributed by atoms with E-state index < -0.39 is 0 Å². The Bertz CT molecular complexity index is 775. The van der Waals surface area contributed by atoms with Crippen LogP contribution >= 0.6 is 11.6 Å². The number of nitrogens with zero attached hydrogens (tertiary/aromatic N) is 3. The molecular formula is C23H36ClN5O. The van der Waals surface area contributed by atoms with Gasteiger partial charge in [-0.25, -0.2) is 4.99 Å². The van der Waals surface area contributed by atoms with Crippen LogP contribution in [0.25, 0.3) is 0 Å². The molecule has 2 aliphatic heterocycles. The number of halogens is 1. The molecule has 1 aromatic rings. The SMILES string of the molecule is CCNC(=NCc1c(Cl)cccc1N1CCN(C)CC1)NC1C2CCOC2C1(C)C. The highest BCUT2D eigenvalue weighted by Crippen LogP contribution is 2.52. The van der Waals surface area contributed by atoms with Crippen LogP contribution in [-0.4, -0.2) is 69.4 Å². The number of likely N-dealkylation sites (N-methyl/N-ethyl adjacent to an activating group) is 1. The van der Waals surface area contributed by atoms with Crippen molar-refractivity contribution >= 4 is 23.2 Å². The summed E-state index contributed by atoms with van der Waals surface area (Å²) in [6.07, 6.45) is 1.49. The second-order valence-corrected chi connectivity index (χ2v) is 9.82. The van der Waals surface area contributed by atoms with Gasteiger partial charge in [-0.1, -0.05) is 31.5 Å². The molecular weight excluding hydrogens is 398 g/mol. The van der Waals surface area contributed by atoms with Crippen molar-refractivity contribution in [2.24, 2.45) is 16.3 Å². The molecule has 1 aliphatic carbocycles. The monoisotopic (exact) mass is 433 g/mol. The molecule has 3 fully saturated rings. The van der Waals surface area contributed by atoms with Gasteiger partial charge in [0.1, 0.15) is 0 Å². The number of aliphatic imine (C=N–C) groups is 1. The van der Waals surface area contributed by atoms with Gasteiger partial charge in [-0.15, -0.1) is 0 Å². The summed E-state index contributed by atoms with van der Waals surface area (Å²) in [6.45, 7) is 13.1. The average molecular weight is 434 g/mol. The Kier molecular flexibility index (Phi) is 6.47. The first-order valence-corrected chi connectivity index (χ1v) is 11.7. The highest BCUT2D eigenvalue weighted by atomic mass is 35.5. The Balaban J connectivity index is 1.51. The lowest BCUT2D eigenvalue weighted by molar-refractivity contribution is -0.106. The van der Waals surface area contributed by atoms with Crippen molar-refractivity contribution in [3.8, 4) is 0 Å². The molecule has 7 heteroatoms. The Morgan fingerprint density at radius 1 is 1.27 bits per heavy atom. The van der Waals surface area contributed by atoms with E-state index in [1.165, 1.54) is 5.69 Å². The molecule has 0 amide bonds. The minimum Gasteiger partial charge on any atom is -0.377 e. The molecule has 4 rings (SSSR count). The third-order valence-electron chi connectivity index (χ3n) is 7.07. The molecule has 0 bridgehead atoms. The van der Waals surface area contributed by atoms with E-state index in [9.17, 15) is 0 Å². The van der Waals surface area contributed by atoms with E-state index in [-0.39, 0.29) is 5.41 Å². The van der Waals surface area contributed by atoms with Crippen LogP contribution in [0.4, 0.5) is 5.69 Å². The largest absolute Gasteiger partial charge is 0.377 e. The van der Waals surface area contributed by atoms with Crippen LogP contribution in [0.15, 0.2) is 23.2 Å². The number of hydrogen-bond donors (Lipinski definition) is 2. The minimum absolute atomic E-state index is 0.118. The first kappa shape index (κ1) is 21.7. The molecule has 2 N–H and O–H groups in total.